The number of rotatable bonds is 11. The standard InChI is InChI=1S/C30H39N7O6S/c1-20(38)36(10-7-27(40)43-33-28(41)42-18-30-14-21-11-22(15-30)13-23(12-21)16-30)37-26(39)17-34(29(37)44)9-4-8-32-35-19-31-24-5-2-3-6-25(24)35/h2-3,5-6,19,21-23,32H,4,7-18H2,1H3,(H,33,41). The number of hydrazine groups is 1. The van der Waals surface area contributed by atoms with Gasteiger partial charge in [0.15, 0.2) is 5.11 Å². The molecule has 1 aromatic carbocycles. The highest BCUT2D eigenvalue weighted by Gasteiger charge is 2.51. The fraction of sp³-hybridized carbons (Fsp3) is 0.600. The van der Waals surface area contributed by atoms with Crippen molar-refractivity contribution >= 4 is 52.2 Å². The molecule has 4 aliphatic carbocycles. The maximum Gasteiger partial charge on any atom is 0.440 e. The molecule has 236 valence electrons. The lowest BCUT2D eigenvalue weighted by molar-refractivity contribution is -0.156. The highest BCUT2D eigenvalue weighted by molar-refractivity contribution is 7.80. The third kappa shape index (κ3) is 6.44. The van der Waals surface area contributed by atoms with E-state index < -0.39 is 18.0 Å². The summed E-state index contributed by atoms with van der Waals surface area (Å²) in [5.41, 5.74) is 7.27. The summed E-state index contributed by atoms with van der Waals surface area (Å²) in [6.07, 6.45) is 8.52. The predicted octanol–water partition coefficient (Wildman–Crippen LogP) is 2.95. The van der Waals surface area contributed by atoms with Gasteiger partial charge in [0.2, 0.25) is 5.91 Å². The lowest BCUT2D eigenvalue weighted by atomic mass is 9.50. The fourth-order valence-corrected chi connectivity index (χ4v) is 8.32. The second-order valence-corrected chi connectivity index (χ2v) is 13.1. The van der Waals surface area contributed by atoms with Crippen LogP contribution in [0.4, 0.5) is 4.79 Å². The molecule has 5 aliphatic rings. The van der Waals surface area contributed by atoms with E-state index in [-0.39, 0.29) is 35.9 Å². The van der Waals surface area contributed by atoms with E-state index in [4.69, 9.17) is 21.8 Å². The van der Waals surface area contributed by atoms with Crippen molar-refractivity contribution in [3.63, 3.8) is 0 Å². The van der Waals surface area contributed by atoms with Crippen LogP contribution in [0.15, 0.2) is 30.6 Å². The van der Waals surface area contributed by atoms with E-state index in [1.165, 1.54) is 26.2 Å². The van der Waals surface area contributed by atoms with Gasteiger partial charge in [-0.1, -0.05) is 12.1 Å². The van der Waals surface area contributed by atoms with E-state index in [1.807, 2.05) is 28.9 Å². The Morgan fingerprint density at radius 3 is 2.52 bits per heavy atom. The Hall–Kier alpha value is -3.94. The molecule has 44 heavy (non-hydrogen) atoms. The van der Waals surface area contributed by atoms with Crippen molar-refractivity contribution in [1.82, 2.24) is 30.1 Å². The molecule has 0 spiro atoms. The van der Waals surface area contributed by atoms with Gasteiger partial charge in [0.05, 0.1) is 30.6 Å². The molecule has 0 unspecified atom stereocenters. The molecular formula is C30H39N7O6S. The summed E-state index contributed by atoms with van der Waals surface area (Å²) < 4.78 is 7.32. The maximum absolute atomic E-state index is 12.9. The number of nitrogens with one attached hydrogen (secondary N) is 2. The van der Waals surface area contributed by atoms with Crippen molar-refractivity contribution in [1.29, 1.82) is 0 Å². The Labute approximate surface area is 261 Å². The summed E-state index contributed by atoms with van der Waals surface area (Å²) in [6, 6.07) is 7.78. The van der Waals surface area contributed by atoms with Gasteiger partial charge in [-0.2, -0.15) is 5.01 Å². The van der Waals surface area contributed by atoms with Crippen LogP contribution in [0.3, 0.4) is 0 Å². The molecule has 2 heterocycles. The van der Waals surface area contributed by atoms with E-state index in [9.17, 15) is 19.2 Å². The smallest absolute Gasteiger partial charge is 0.440 e. The molecule has 1 saturated heterocycles. The second-order valence-electron chi connectivity index (χ2n) is 12.7. The number of benzene rings is 1. The molecule has 7 rings (SSSR count). The Kier molecular flexibility index (Phi) is 8.61. The van der Waals surface area contributed by atoms with Gasteiger partial charge in [-0.25, -0.2) is 24.3 Å². The average Bonchev–Trinajstić information content (AvgIpc) is 3.52. The predicted molar refractivity (Wildman–Crippen MR) is 163 cm³/mol. The molecule has 2 N–H and O–H groups in total. The summed E-state index contributed by atoms with van der Waals surface area (Å²) in [5.74, 6) is 0.635. The Balaban J connectivity index is 0.920. The number of hydrogen-bond acceptors (Lipinski definition) is 9. The number of nitrogens with zero attached hydrogens (tertiary/aromatic N) is 5. The van der Waals surface area contributed by atoms with Crippen LogP contribution in [0.25, 0.3) is 11.0 Å². The third-order valence-electron chi connectivity index (χ3n) is 9.41. The van der Waals surface area contributed by atoms with Gasteiger partial charge < -0.3 is 19.9 Å². The van der Waals surface area contributed by atoms with Crippen molar-refractivity contribution in [2.24, 2.45) is 23.2 Å². The first-order chi connectivity index (χ1) is 21.2. The van der Waals surface area contributed by atoms with Crippen LogP contribution >= 0.6 is 12.2 Å². The number of thiocarbonyl (C=S) groups is 1. The number of fused-ring (bicyclic) bond motifs is 1. The van der Waals surface area contributed by atoms with Gasteiger partial charge in [0.1, 0.15) is 12.9 Å². The first-order valence-corrected chi connectivity index (χ1v) is 15.8. The summed E-state index contributed by atoms with van der Waals surface area (Å²) in [7, 11) is 0. The first-order valence-electron chi connectivity index (χ1n) is 15.4. The normalized spacial score (nSPS) is 25.4. The highest BCUT2D eigenvalue weighted by Crippen LogP contribution is 2.60. The number of amides is 3. The van der Waals surface area contributed by atoms with Gasteiger partial charge in [0, 0.05) is 25.4 Å². The summed E-state index contributed by atoms with van der Waals surface area (Å²) in [5, 5.41) is 2.46. The minimum atomic E-state index is -0.806. The zero-order valence-electron chi connectivity index (χ0n) is 24.9. The number of ether oxygens (including phenoxy) is 1. The molecule has 13 nitrogen and oxygen atoms in total. The van der Waals surface area contributed by atoms with E-state index in [0.29, 0.717) is 26.1 Å². The average molecular weight is 626 g/mol. The fourth-order valence-electron chi connectivity index (χ4n) is 7.97. The number of imidazole rings is 1. The van der Waals surface area contributed by atoms with Crippen LogP contribution in [-0.2, 0) is 24.0 Å². The molecule has 0 radical (unpaired) electrons. The van der Waals surface area contributed by atoms with E-state index in [0.717, 1.165) is 58.1 Å². The zero-order chi connectivity index (χ0) is 30.8. The van der Waals surface area contributed by atoms with Crippen molar-refractivity contribution in [2.75, 3.05) is 38.2 Å². The van der Waals surface area contributed by atoms with Gasteiger partial charge in [-0.15, -0.1) is 5.48 Å². The Morgan fingerprint density at radius 2 is 1.82 bits per heavy atom. The number of carbonyl (C=O) groups is 4. The minimum absolute atomic E-state index is 0.0260. The SMILES string of the molecule is CC(=O)N(CCC(=O)ONC(=O)OCC12CC3CC(CC(C3)C1)C2)N1C(=O)CN(CCCNn2cnc3ccccc32)C1=S. The van der Waals surface area contributed by atoms with Gasteiger partial charge >= 0.3 is 12.1 Å². The van der Waals surface area contributed by atoms with Crippen LogP contribution in [0, 0.1) is 23.2 Å². The topological polar surface area (TPSA) is 138 Å². The van der Waals surface area contributed by atoms with Crippen molar-refractivity contribution in [3.05, 3.63) is 30.6 Å². The number of hydrogen-bond donors (Lipinski definition) is 2. The zero-order valence-corrected chi connectivity index (χ0v) is 25.7. The summed E-state index contributed by atoms with van der Waals surface area (Å²) in [4.78, 5) is 61.0. The lowest BCUT2D eigenvalue weighted by Crippen LogP contribution is -2.50. The van der Waals surface area contributed by atoms with E-state index in [1.54, 1.807) is 11.2 Å². The molecule has 2 aromatic rings. The Bertz CT molecular complexity index is 1410. The monoisotopic (exact) mass is 625 g/mol. The largest absolute Gasteiger partial charge is 0.447 e. The maximum atomic E-state index is 12.9. The van der Waals surface area contributed by atoms with Crippen molar-refractivity contribution in [2.45, 2.75) is 58.3 Å². The molecule has 4 bridgehead atoms. The summed E-state index contributed by atoms with van der Waals surface area (Å²) in [6.45, 7) is 2.60. The molecule has 14 heteroatoms. The van der Waals surface area contributed by atoms with Crippen LogP contribution in [0.1, 0.15) is 58.3 Å². The van der Waals surface area contributed by atoms with Crippen molar-refractivity contribution in [3.8, 4) is 0 Å². The van der Waals surface area contributed by atoms with E-state index in [2.05, 4.69) is 15.9 Å². The Morgan fingerprint density at radius 1 is 1.11 bits per heavy atom. The van der Waals surface area contributed by atoms with Gasteiger partial charge in [-0.05, 0) is 87.1 Å². The lowest BCUT2D eigenvalue weighted by Gasteiger charge is -2.56. The number of para-hydroxylation sites is 2. The molecular weight excluding hydrogens is 586 g/mol. The van der Waals surface area contributed by atoms with Gasteiger partial charge in [0.25, 0.3) is 5.91 Å². The molecule has 4 saturated carbocycles. The molecule has 1 aliphatic heterocycles. The number of carbonyl (C=O) groups excluding carboxylic acids is 4. The second kappa shape index (κ2) is 12.6. The number of hydroxylamine groups is 1. The molecule has 0 atom stereocenters. The van der Waals surface area contributed by atoms with Gasteiger partial charge in [-0.3, -0.25) is 9.59 Å². The molecule has 5 fully saturated rings. The van der Waals surface area contributed by atoms with E-state index >= 15 is 0 Å². The van der Waals surface area contributed by atoms with Crippen LogP contribution in [0.5, 0.6) is 0 Å². The van der Waals surface area contributed by atoms with Crippen molar-refractivity contribution < 1.29 is 28.8 Å². The molecule has 1 aromatic heterocycles. The molecule has 3 amide bonds. The highest BCUT2D eigenvalue weighted by atomic mass is 32.1. The first kappa shape index (κ1) is 30.1. The van der Waals surface area contributed by atoms with Crippen LogP contribution in [-0.4, -0.2) is 86.4 Å². The summed E-state index contributed by atoms with van der Waals surface area (Å²) >= 11 is 5.53. The third-order valence-corrected chi connectivity index (χ3v) is 9.84. The minimum Gasteiger partial charge on any atom is -0.447 e. The number of aromatic nitrogens is 2. The van der Waals surface area contributed by atoms with Crippen LogP contribution in [0.2, 0.25) is 0 Å². The van der Waals surface area contributed by atoms with Crippen LogP contribution < -0.4 is 10.9 Å². The quantitative estimate of drug-likeness (QED) is 0.218.